The number of hydrogen-bond acceptors (Lipinski definition) is 3. The maximum Gasteiger partial charge on any atom is 0.315 e. The van der Waals surface area contributed by atoms with E-state index in [1.165, 1.54) is 11.8 Å². The van der Waals surface area contributed by atoms with Gasteiger partial charge in [0.15, 0.2) is 0 Å². The van der Waals surface area contributed by atoms with Gasteiger partial charge in [-0.3, -0.25) is 4.79 Å². The number of methoxy groups -OCH3 is 1. The van der Waals surface area contributed by atoms with E-state index in [2.05, 4.69) is 0 Å². The van der Waals surface area contributed by atoms with E-state index in [9.17, 15) is 9.59 Å². The van der Waals surface area contributed by atoms with E-state index in [4.69, 9.17) is 10.5 Å². The molecule has 0 bridgehead atoms. The number of rotatable bonds is 6. The van der Waals surface area contributed by atoms with Crippen molar-refractivity contribution in [3.8, 4) is 5.75 Å². The molecule has 0 saturated heterocycles. The number of carbonyl (C=O) groups is 2. The molecular formula is C14H20N2O3. The van der Waals surface area contributed by atoms with Crippen molar-refractivity contribution in [2.24, 2.45) is 5.73 Å². The maximum absolute atomic E-state index is 11.5. The van der Waals surface area contributed by atoms with Crippen LogP contribution >= 0.6 is 0 Å². The zero-order valence-electron chi connectivity index (χ0n) is 11.6. The average Bonchev–Trinajstić information content (AvgIpc) is 2.38. The summed E-state index contributed by atoms with van der Waals surface area (Å²) in [5, 5.41) is 0. The first-order valence-corrected chi connectivity index (χ1v) is 6.15. The number of carbonyl (C=O) groups excluding carboxylic acids is 2. The highest BCUT2D eigenvalue weighted by Crippen LogP contribution is 2.22. The molecule has 2 amide bonds. The minimum atomic E-state index is -0.524. The Morgan fingerprint density at radius 3 is 2.32 bits per heavy atom. The van der Waals surface area contributed by atoms with Crippen LogP contribution in [0.5, 0.6) is 5.75 Å². The van der Waals surface area contributed by atoms with E-state index < -0.39 is 6.03 Å². The molecule has 0 fully saturated rings. The van der Waals surface area contributed by atoms with Crippen molar-refractivity contribution >= 4 is 11.8 Å². The zero-order chi connectivity index (χ0) is 14.4. The number of urea groups is 1. The summed E-state index contributed by atoms with van der Waals surface area (Å²) < 4.78 is 5.09. The summed E-state index contributed by atoms with van der Waals surface area (Å²) in [4.78, 5) is 24.0. The van der Waals surface area contributed by atoms with Gasteiger partial charge in [-0.2, -0.15) is 0 Å². The number of Topliss-reactive ketones (excluding diaryl/α,β-unsaturated/α-hetero) is 1. The minimum absolute atomic E-state index is 0.0354. The summed E-state index contributed by atoms with van der Waals surface area (Å²) in [5.74, 6) is 0.790. The van der Waals surface area contributed by atoms with Crippen LogP contribution in [-0.4, -0.2) is 30.4 Å². The van der Waals surface area contributed by atoms with Gasteiger partial charge in [0.25, 0.3) is 0 Å². The van der Waals surface area contributed by atoms with Gasteiger partial charge in [0.05, 0.1) is 13.2 Å². The van der Waals surface area contributed by atoms with Gasteiger partial charge in [-0.25, -0.2) is 4.79 Å². The first kappa shape index (κ1) is 15.0. The topological polar surface area (TPSA) is 72.6 Å². The van der Waals surface area contributed by atoms with Gasteiger partial charge in [-0.05, 0) is 31.5 Å². The molecule has 0 heterocycles. The fourth-order valence-corrected chi connectivity index (χ4v) is 1.83. The van der Waals surface area contributed by atoms with Crippen LogP contribution in [0.4, 0.5) is 4.79 Å². The van der Waals surface area contributed by atoms with Crippen LogP contribution in [-0.2, 0) is 4.79 Å². The van der Waals surface area contributed by atoms with Crippen LogP contribution in [0.1, 0.15) is 31.9 Å². The number of nitrogens with zero attached hydrogens (tertiary/aromatic N) is 1. The molecule has 1 aromatic rings. The fraction of sp³-hybridized carbons (Fsp3) is 0.429. The summed E-state index contributed by atoms with van der Waals surface area (Å²) in [6, 6.07) is 6.72. The molecule has 1 atom stereocenters. The zero-order valence-corrected chi connectivity index (χ0v) is 11.6. The van der Waals surface area contributed by atoms with Crippen LogP contribution in [0, 0.1) is 0 Å². The highest BCUT2D eigenvalue weighted by molar-refractivity contribution is 5.77. The number of ketones is 1. The smallest absolute Gasteiger partial charge is 0.315 e. The summed E-state index contributed by atoms with van der Waals surface area (Å²) >= 11 is 0. The molecule has 5 nitrogen and oxygen atoms in total. The third-order valence-electron chi connectivity index (χ3n) is 3.05. The third-order valence-corrected chi connectivity index (χ3v) is 3.05. The van der Waals surface area contributed by atoms with Crippen molar-refractivity contribution < 1.29 is 14.3 Å². The summed E-state index contributed by atoms with van der Waals surface area (Å²) in [7, 11) is 1.60. The Balaban J connectivity index is 2.82. The lowest BCUT2D eigenvalue weighted by Crippen LogP contribution is -2.39. The Bertz CT molecular complexity index is 443. The fourth-order valence-electron chi connectivity index (χ4n) is 1.83. The number of amides is 2. The van der Waals surface area contributed by atoms with Gasteiger partial charge in [0, 0.05) is 13.0 Å². The number of primary amides is 1. The van der Waals surface area contributed by atoms with Crippen molar-refractivity contribution in [1.82, 2.24) is 4.90 Å². The van der Waals surface area contributed by atoms with Gasteiger partial charge in [-0.1, -0.05) is 12.1 Å². The van der Waals surface area contributed by atoms with Crippen LogP contribution in [0.15, 0.2) is 24.3 Å². The van der Waals surface area contributed by atoms with E-state index in [1.807, 2.05) is 31.2 Å². The first-order chi connectivity index (χ1) is 8.95. The lowest BCUT2D eigenvalue weighted by Gasteiger charge is -2.27. The standard InChI is InChI=1S/C14H20N2O3/c1-10(17)8-9-16(14(15)18)11(2)12-4-6-13(19-3)7-5-12/h4-7,11H,8-9H2,1-3H3,(H2,15,18). The molecule has 1 aromatic carbocycles. The molecule has 0 aliphatic rings. The quantitative estimate of drug-likeness (QED) is 0.855. The average molecular weight is 264 g/mol. The normalized spacial score (nSPS) is 11.7. The highest BCUT2D eigenvalue weighted by atomic mass is 16.5. The van der Waals surface area contributed by atoms with E-state index in [-0.39, 0.29) is 11.8 Å². The van der Waals surface area contributed by atoms with E-state index >= 15 is 0 Å². The Labute approximate surface area is 113 Å². The van der Waals surface area contributed by atoms with Crippen molar-refractivity contribution in [1.29, 1.82) is 0 Å². The number of hydrogen-bond donors (Lipinski definition) is 1. The molecule has 0 radical (unpaired) electrons. The molecule has 0 spiro atoms. The summed E-state index contributed by atoms with van der Waals surface area (Å²) in [5.41, 5.74) is 6.32. The van der Waals surface area contributed by atoms with Gasteiger partial charge in [0.2, 0.25) is 0 Å². The van der Waals surface area contributed by atoms with Crippen LogP contribution in [0.25, 0.3) is 0 Å². The molecule has 1 rings (SSSR count). The van der Waals surface area contributed by atoms with Gasteiger partial charge in [-0.15, -0.1) is 0 Å². The second-order valence-corrected chi connectivity index (χ2v) is 4.43. The molecule has 19 heavy (non-hydrogen) atoms. The Morgan fingerprint density at radius 2 is 1.89 bits per heavy atom. The Hall–Kier alpha value is -2.04. The second kappa shape index (κ2) is 6.78. The van der Waals surface area contributed by atoms with Gasteiger partial charge >= 0.3 is 6.03 Å². The minimum Gasteiger partial charge on any atom is -0.497 e. The maximum atomic E-state index is 11.5. The molecule has 5 heteroatoms. The molecule has 0 aromatic heterocycles. The predicted octanol–water partition coefficient (Wildman–Crippen LogP) is 2.12. The number of nitrogens with two attached hydrogens (primary N) is 1. The van der Waals surface area contributed by atoms with Crippen molar-refractivity contribution in [2.75, 3.05) is 13.7 Å². The van der Waals surface area contributed by atoms with Crippen LogP contribution < -0.4 is 10.5 Å². The molecule has 104 valence electrons. The molecule has 2 N–H and O–H groups in total. The lowest BCUT2D eigenvalue weighted by atomic mass is 10.1. The monoisotopic (exact) mass is 264 g/mol. The number of benzene rings is 1. The van der Waals surface area contributed by atoms with Crippen molar-refractivity contribution in [3.05, 3.63) is 29.8 Å². The third kappa shape index (κ3) is 4.28. The van der Waals surface area contributed by atoms with E-state index in [0.29, 0.717) is 13.0 Å². The molecule has 1 unspecified atom stereocenters. The first-order valence-electron chi connectivity index (χ1n) is 6.15. The molecule has 0 aliphatic heterocycles. The Kier molecular flexibility index (Phi) is 5.36. The van der Waals surface area contributed by atoms with Gasteiger partial charge in [0.1, 0.15) is 11.5 Å². The van der Waals surface area contributed by atoms with Gasteiger partial charge < -0.3 is 15.4 Å². The van der Waals surface area contributed by atoms with Crippen molar-refractivity contribution in [2.45, 2.75) is 26.3 Å². The largest absolute Gasteiger partial charge is 0.497 e. The SMILES string of the molecule is COc1ccc(C(C)N(CCC(C)=O)C(N)=O)cc1. The molecule has 0 aliphatic carbocycles. The summed E-state index contributed by atoms with van der Waals surface area (Å²) in [6.45, 7) is 3.71. The second-order valence-electron chi connectivity index (χ2n) is 4.43. The highest BCUT2D eigenvalue weighted by Gasteiger charge is 2.19. The molecule has 0 saturated carbocycles. The predicted molar refractivity (Wildman–Crippen MR) is 73.0 cm³/mol. The molecular weight excluding hydrogens is 244 g/mol. The van der Waals surface area contributed by atoms with E-state index in [0.717, 1.165) is 11.3 Å². The number of ether oxygens (including phenoxy) is 1. The van der Waals surface area contributed by atoms with Crippen LogP contribution in [0.3, 0.4) is 0 Å². The lowest BCUT2D eigenvalue weighted by molar-refractivity contribution is -0.117. The van der Waals surface area contributed by atoms with E-state index in [1.54, 1.807) is 7.11 Å². The Morgan fingerprint density at radius 1 is 1.32 bits per heavy atom. The van der Waals surface area contributed by atoms with Crippen molar-refractivity contribution in [3.63, 3.8) is 0 Å². The summed E-state index contributed by atoms with van der Waals surface area (Å²) in [6.07, 6.45) is 0.309. The van der Waals surface area contributed by atoms with Crippen LogP contribution in [0.2, 0.25) is 0 Å².